The lowest BCUT2D eigenvalue weighted by Gasteiger charge is -2.13. The zero-order chi connectivity index (χ0) is 12.2. The molecule has 0 unspecified atom stereocenters. The van der Waals surface area contributed by atoms with Crippen LogP contribution < -0.4 is 0 Å². The summed E-state index contributed by atoms with van der Waals surface area (Å²) in [5.74, 6) is 2.93. The van der Waals surface area contributed by atoms with Crippen LogP contribution in [0.3, 0.4) is 0 Å². The molecular weight excluding hydrogens is 192 g/mol. The summed E-state index contributed by atoms with van der Waals surface area (Å²) in [6, 6.07) is 0. The molecule has 0 saturated carbocycles. The third-order valence-electron chi connectivity index (χ3n) is 2.52. The van der Waals surface area contributed by atoms with Gasteiger partial charge in [0.15, 0.2) is 0 Å². The van der Waals surface area contributed by atoms with Crippen molar-refractivity contribution in [1.82, 2.24) is 0 Å². The van der Waals surface area contributed by atoms with Gasteiger partial charge in [-0.05, 0) is 37.5 Å². The van der Waals surface area contributed by atoms with Gasteiger partial charge in [0.25, 0.3) is 0 Å². The molecule has 0 aliphatic rings. The summed E-state index contributed by atoms with van der Waals surface area (Å²) in [5, 5.41) is 0. The van der Waals surface area contributed by atoms with Gasteiger partial charge in [-0.2, -0.15) is 0 Å². The monoisotopic (exact) mass is 216 g/mol. The lowest BCUT2D eigenvalue weighted by atomic mass is 9.90. The Balaban J connectivity index is 3.76. The molecule has 0 aromatic rings. The number of allylic oxidation sites excluding steroid dienone is 3. The quantitative estimate of drug-likeness (QED) is 0.334. The minimum absolute atomic E-state index is 0.904. The summed E-state index contributed by atoms with van der Waals surface area (Å²) in [5.41, 5.74) is 0. The maximum absolute atomic E-state index is 3.93. The summed E-state index contributed by atoms with van der Waals surface area (Å²) >= 11 is 0. The highest BCUT2D eigenvalue weighted by Gasteiger charge is 2.13. The van der Waals surface area contributed by atoms with E-state index in [1.165, 1.54) is 11.8 Å². The Hall–Kier alpha value is -1.04. The highest BCUT2D eigenvalue weighted by atomic mass is 14.1. The Morgan fingerprint density at radius 2 is 1.31 bits per heavy atom. The van der Waals surface area contributed by atoms with E-state index in [1.54, 1.807) is 0 Å². The topological polar surface area (TPSA) is 0 Å². The van der Waals surface area contributed by atoms with Crippen LogP contribution in [0.2, 0.25) is 0 Å². The summed E-state index contributed by atoms with van der Waals surface area (Å²) in [6.45, 7) is 15.2. The third kappa shape index (κ3) is 7.28. The van der Waals surface area contributed by atoms with E-state index >= 15 is 0 Å². The first-order valence-electron chi connectivity index (χ1n) is 5.89. The minimum Gasteiger partial charge on any atom is -0.299 e. The van der Waals surface area contributed by atoms with Crippen molar-refractivity contribution in [2.45, 2.75) is 38.5 Å². The smallest absolute Gasteiger partial charge is 0.105 e. The molecule has 0 aromatic heterocycles. The summed E-state index contributed by atoms with van der Waals surface area (Å²) in [6.07, 6.45) is 14.2. The van der Waals surface area contributed by atoms with Crippen LogP contribution in [0.4, 0.5) is 0 Å². The lowest BCUT2D eigenvalue weighted by molar-refractivity contribution is 0.744. The van der Waals surface area contributed by atoms with Crippen LogP contribution in [-0.2, 0) is 0 Å². The molecule has 0 N–H and O–H groups in total. The van der Waals surface area contributed by atoms with E-state index in [2.05, 4.69) is 33.1 Å². The van der Waals surface area contributed by atoms with E-state index in [-0.39, 0.29) is 0 Å². The molecule has 0 heteroatoms. The van der Waals surface area contributed by atoms with E-state index < -0.39 is 0 Å². The second-order valence-electron chi connectivity index (χ2n) is 3.93. The van der Waals surface area contributed by atoms with Gasteiger partial charge in [0.2, 0.25) is 0 Å². The van der Waals surface area contributed by atoms with Crippen LogP contribution in [0.5, 0.6) is 0 Å². The fourth-order valence-corrected chi connectivity index (χ4v) is 1.63. The molecule has 0 aliphatic carbocycles. The first kappa shape index (κ1) is 15.0. The standard InChI is InChI=1S/C16H24/c1-5-10-15(8-4)13-9-14-16(11-6-2)12-7-3/h5-7,9H,1-4,8,10-14H2. The molecule has 0 saturated heterocycles. The van der Waals surface area contributed by atoms with E-state index in [1.807, 2.05) is 18.2 Å². The number of hydrogen-bond acceptors (Lipinski definition) is 0. The van der Waals surface area contributed by atoms with Gasteiger partial charge < -0.3 is 0 Å². The summed E-state index contributed by atoms with van der Waals surface area (Å²) < 4.78 is 0. The van der Waals surface area contributed by atoms with Crippen molar-refractivity contribution in [3.05, 3.63) is 63.1 Å². The van der Waals surface area contributed by atoms with Crippen molar-refractivity contribution in [1.29, 1.82) is 0 Å². The van der Waals surface area contributed by atoms with Crippen LogP contribution in [-0.4, -0.2) is 0 Å². The second kappa shape index (κ2) is 10.5. The summed E-state index contributed by atoms with van der Waals surface area (Å²) in [4.78, 5) is 0. The highest BCUT2D eigenvalue weighted by Crippen LogP contribution is 2.24. The van der Waals surface area contributed by atoms with E-state index in [0.717, 1.165) is 38.5 Å². The Morgan fingerprint density at radius 1 is 0.875 bits per heavy atom. The van der Waals surface area contributed by atoms with E-state index in [0.29, 0.717) is 0 Å². The molecule has 0 amide bonds. The number of rotatable bonds is 11. The molecular formula is C16H24. The molecule has 0 rings (SSSR count). The molecule has 0 spiro atoms. The first-order valence-corrected chi connectivity index (χ1v) is 5.89. The van der Waals surface area contributed by atoms with Gasteiger partial charge in [0, 0.05) is 5.92 Å². The van der Waals surface area contributed by atoms with Gasteiger partial charge in [-0.25, -0.2) is 6.42 Å². The Kier molecular flexibility index (Phi) is 9.80. The van der Waals surface area contributed by atoms with Gasteiger partial charge in [0.05, 0.1) is 5.92 Å². The van der Waals surface area contributed by atoms with Crippen LogP contribution in [0.25, 0.3) is 0 Å². The SMILES string of the molecule is C=CC[C+](C[CH2-])C[CH-]C[C+](CC=C)CC=C. The molecule has 0 aromatic carbocycles. The van der Waals surface area contributed by atoms with Crippen molar-refractivity contribution in [3.63, 3.8) is 0 Å². The van der Waals surface area contributed by atoms with Crippen molar-refractivity contribution in [3.8, 4) is 0 Å². The maximum atomic E-state index is 3.93. The van der Waals surface area contributed by atoms with Crippen molar-refractivity contribution >= 4 is 0 Å². The lowest BCUT2D eigenvalue weighted by Crippen LogP contribution is -1.99. The molecule has 0 fully saturated rings. The van der Waals surface area contributed by atoms with Crippen LogP contribution >= 0.6 is 0 Å². The zero-order valence-corrected chi connectivity index (χ0v) is 10.4. The molecule has 88 valence electrons. The Bertz CT molecular complexity index is 180. The van der Waals surface area contributed by atoms with Crippen molar-refractivity contribution in [2.24, 2.45) is 0 Å². The zero-order valence-electron chi connectivity index (χ0n) is 10.4. The molecule has 16 heavy (non-hydrogen) atoms. The predicted octanol–water partition coefficient (Wildman–Crippen LogP) is 5.07. The predicted molar refractivity (Wildman–Crippen MR) is 74.4 cm³/mol. The normalized spacial score (nSPS) is 9.56. The van der Waals surface area contributed by atoms with E-state index in [9.17, 15) is 0 Å². The number of hydrogen-bond donors (Lipinski definition) is 0. The minimum atomic E-state index is 0.904. The van der Waals surface area contributed by atoms with Crippen molar-refractivity contribution in [2.75, 3.05) is 0 Å². The van der Waals surface area contributed by atoms with Gasteiger partial charge in [-0.3, -0.25) is 6.92 Å². The van der Waals surface area contributed by atoms with Crippen molar-refractivity contribution < 1.29 is 0 Å². The maximum Gasteiger partial charge on any atom is 0.105 e. The highest BCUT2D eigenvalue weighted by molar-refractivity contribution is 5.07. The fraction of sp³-hybridized carbons (Fsp3) is 0.375. The molecule has 0 atom stereocenters. The second-order valence-corrected chi connectivity index (χ2v) is 3.93. The average molecular weight is 216 g/mol. The van der Waals surface area contributed by atoms with Crippen LogP contribution in [0.15, 0.2) is 38.0 Å². The van der Waals surface area contributed by atoms with Gasteiger partial charge in [-0.1, -0.05) is 19.7 Å². The molecule has 0 heterocycles. The van der Waals surface area contributed by atoms with Gasteiger partial charge in [0.1, 0.15) is 19.3 Å². The molecule has 0 bridgehead atoms. The first-order chi connectivity index (χ1) is 7.78. The van der Waals surface area contributed by atoms with Gasteiger partial charge >= 0.3 is 0 Å². The fourth-order valence-electron chi connectivity index (χ4n) is 1.63. The third-order valence-corrected chi connectivity index (χ3v) is 2.52. The van der Waals surface area contributed by atoms with Gasteiger partial charge in [-0.15, -0.1) is 0 Å². The van der Waals surface area contributed by atoms with Crippen LogP contribution in [0, 0.1) is 25.2 Å². The molecule has 0 radical (unpaired) electrons. The molecule has 0 aliphatic heterocycles. The van der Waals surface area contributed by atoms with Crippen LogP contribution in [0.1, 0.15) is 38.5 Å². The Labute approximate surface area is 102 Å². The average Bonchev–Trinajstić information content (AvgIpc) is 2.28. The molecule has 0 nitrogen and oxygen atoms in total. The largest absolute Gasteiger partial charge is 0.299 e. The summed E-state index contributed by atoms with van der Waals surface area (Å²) in [7, 11) is 0. The Morgan fingerprint density at radius 3 is 1.75 bits per heavy atom. The van der Waals surface area contributed by atoms with E-state index in [4.69, 9.17) is 0 Å².